The molecule has 28 heavy (non-hydrogen) atoms. The van der Waals surface area contributed by atoms with Crippen LogP contribution in [0.3, 0.4) is 0 Å². The van der Waals surface area contributed by atoms with Crippen molar-refractivity contribution in [3.8, 4) is 0 Å². The fourth-order valence-electron chi connectivity index (χ4n) is 3.03. The number of halogens is 2. The molecule has 9 heteroatoms. The van der Waals surface area contributed by atoms with E-state index in [1.165, 1.54) is 6.26 Å². The molecule has 3 rings (SSSR count). The van der Waals surface area contributed by atoms with Gasteiger partial charge in [-0.2, -0.15) is 0 Å². The third-order valence-electron chi connectivity index (χ3n) is 4.40. The van der Waals surface area contributed by atoms with Gasteiger partial charge in [0, 0.05) is 57.0 Å². The van der Waals surface area contributed by atoms with E-state index in [4.69, 9.17) is 16.0 Å². The minimum absolute atomic E-state index is 0. The Morgan fingerprint density at radius 1 is 1.14 bits per heavy atom. The number of carbonyl (C=O) groups is 1. The molecule has 0 bridgehead atoms. The van der Waals surface area contributed by atoms with Gasteiger partial charge in [0.2, 0.25) is 0 Å². The van der Waals surface area contributed by atoms with Crippen LogP contribution in [0.25, 0.3) is 0 Å². The summed E-state index contributed by atoms with van der Waals surface area (Å²) in [6, 6.07) is 11.3. The number of guanidine groups is 1. The number of aliphatic imine (C=N–C) groups is 1. The van der Waals surface area contributed by atoms with Gasteiger partial charge >= 0.3 is 0 Å². The molecule has 1 aromatic carbocycles. The van der Waals surface area contributed by atoms with Crippen molar-refractivity contribution in [2.24, 2.45) is 4.99 Å². The lowest BCUT2D eigenvalue weighted by Gasteiger charge is -2.37. The molecule has 2 heterocycles. The minimum atomic E-state index is -0.216. The molecule has 1 aliphatic rings. The van der Waals surface area contributed by atoms with Crippen LogP contribution in [0.15, 0.2) is 52.1 Å². The number of carbonyl (C=O) groups excluding carboxylic acids is 1. The molecular weight excluding hydrogens is 493 g/mol. The number of nitrogens with zero attached hydrogens (tertiary/aromatic N) is 3. The van der Waals surface area contributed by atoms with Crippen molar-refractivity contribution in [3.05, 3.63) is 53.4 Å². The molecule has 0 spiro atoms. The Morgan fingerprint density at radius 2 is 1.89 bits per heavy atom. The van der Waals surface area contributed by atoms with E-state index in [-0.39, 0.29) is 29.9 Å². The van der Waals surface area contributed by atoms with Crippen molar-refractivity contribution in [1.29, 1.82) is 0 Å². The summed E-state index contributed by atoms with van der Waals surface area (Å²) in [5.41, 5.74) is 1.14. The molecule has 2 aromatic rings. The van der Waals surface area contributed by atoms with Gasteiger partial charge in [-0.25, -0.2) is 0 Å². The van der Waals surface area contributed by atoms with E-state index in [0.717, 1.165) is 42.8 Å². The third kappa shape index (κ3) is 6.03. The molecule has 0 atom stereocenters. The first-order chi connectivity index (χ1) is 13.2. The number of benzene rings is 1. The maximum atomic E-state index is 11.8. The van der Waals surface area contributed by atoms with Crippen molar-refractivity contribution in [1.82, 2.24) is 15.5 Å². The Hall–Kier alpha value is -1.94. The normalized spacial score (nSPS) is 14.4. The Bertz CT molecular complexity index is 776. The van der Waals surface area contributed by atoms with E-state index in [0.29, 0.717) is 18.8 Å². The van der Waals surface area contributed by atoms with Gasteiger partial charge in [-0.15, -0.1) is 24.0 Å². The molecule has 152 valence electrons. The smallest absolute Gasteiger partial charge is 0.287 e. The summed E-state index contributed by atoms with van der Waals surface area (Å²) in [6.07, 6.45) is 1.48. The number of furan rings is 1. The maximum absolute atomic E-state index is 11.8. The largest absolute Gasteiger partial charge is 0.459 e. The zero-order chi connectivity index (χ0) is 19.1. The number of amides is 1. The van der Waals surface area contributed by atoms with Gasteiger partial charge in [0.1, 0.15) is 0 Å². The molecule has 0 saturated carbocycles. The number of anilines is 1. The van der Waals surface area contributed by atoms with Crippen molar-refractivity contribution >= 4 is 53.1 Å². The second-order valence-electron chi connectivity index (χ2n) is 6.16. The molecule has 1 saturated heterocycles. The summed E-state index contributed by atoms with van der Waals surface area (Å²) < 4.78 is 5.07. The van der Waals surface area contributed by atoms with Gasteiger partial charge in [0.15, 0.2) is 11.7 Å². The van der Waals surface area contributed by atoms with Gasteiger partial charge in [0.05, 0.1) is 6.26 Å². The summed E-state index contributed by atoms with van der Waals surface area (Å²) in [7, 11) is 1.77. The standard InChI is InChI=1S/C19H24ClN5O2.HI/c1-21-19(23-8-7-22-18(26)17-6-3-13-27-17)25-11-9-24(10-12-25)16-5-2-4-15(20)14-16;/h2-6,13-14H,7-12H2,1H3,(H,21,23)(H,22,26);1H. The zero-order valence-corrected chi connectivity index (χ0v) is 18.8. The van der Waals surface area contributed by atoms with Crippen LogP contribution in [0.2, 0.25) is 5.02 Å². The Balaban J connectivity index is 0.00000280. The fraction of sp³-hybridized carbons (Fsp3) is 0.368. The minimum Gasteiger partial charge on any atom is -0.459 e. The zero-order valence-electron chi connectivity index (χ0n) is 15.7. The van der Waals surface area contributed by atoms with Crippen LogP contribution in [0.1, 0.15) is 10.6 Å². The van der Waals surface area contributed by atoms with Crippen LogP contribution in [0.5, 0.6) is 0 Å². The molecule has 7 nitrogen and oxygen atoms in total. The Labute approximate surface area is 187 Å². The number of piperazine rings is 1. The lowest BCUT2D eigenvalue weighted by atomic mass is 10.2. The van der Waals surface area contributed by atoms with Crippen LogP contribution >= 0.6 is 35.6 Å². The predicted octanol–water partition coefficient (Wildman–Crippen LogP) is 2.68. The Kier molecular flexibility index (Phi) is 8.91. The maximum Gasteiger partial charge on any atom is 0.287 e. The number of hydrogen-bond acceptors (Lipinski definition) is 4. The second kappa shape index (κ2) is 11.2. The first-order valence-corrected chi connectivity index (χ1v) is 9.33. The molecule has 2 N–H and O–H groups in total. The fourth-order valence-corrected chi connectivity index (χ4v) is 3.21. The molecule has 0 radical (unpaired) electrons. The Morgan fingerprint density at radius 3 is 2.54 bits per heavy atom. The molecule has 1 aromatic heterocycles. The average molecular weight is 518 g/mol. The van der Waals surface area contributed by atoms with Gasteiger partial charge in [-0.3, -0.25) is 9.79 Å². The van der Waals surface area contributed by atoms with Crippen molar-refractivity contribution < 1.29 is 9.21 Å². The first-order valence-electron chi connectivity index (χ1n) is 8.95. The topological polar surface area (TPSA) is 73.1 Å². The highest BCUT2D eigenvalue weighted by Gasteiger charge is 2.19. The van der Waals surface area contributed by atoms with E-state index in [9.17, 15) is 4.79 Å². The van der Waals surface area contributed by atoms with E-state index in [1.54, 1.807) is 19.2 Å². The van der Waals surface area contributed by atoms with Crippen molar-refractivity contribution in [3.63, 3.8) is 0 Å². The lowest BCUT2D eigenvalue weighted by molar-refractivity contribution is 0.0926. The van der Waals surface area contributed by atoms with Crippen LogP contribution in [0, 0.1) is 0 Å². The second-order valence-corrected chi connectivity index (χ2v) is 6.60. The van der Waals surface area contributed by atoms with Crippen molar-refractivity contribution in [2.45, 2.75) is 0 Å². The highest BCUT2D eigenvalue weighted by Crippen LogP contribution is 2.20. The number of nitrogens with one attached hydrogen (secondary N) is 2. The monoisotopic (exact) mass is 517 g/mol. The predicted molar refractivity (Wildman–Crippen MR) is 123 cm³/mol. The molecule has 0 unspecified atom stereocenters. The molecule has 0 aliphatic carbocycles. The molecular formula is C19H25ClIN5O2. The highest BCUT2D eigenvalue weighted by molar-refractivity contribution is 14.0. The van der Waals surface area contributed by atoms with Gasteiger partial charge in [0.25, 0.3) is 5.91 Å². The lowest BCUT2D eigenvalue weighted by Crippen LogP contribution is -2.53. The van der Waals surface area contributed by atoms with Crippen molar-refractivity contribution in [2.75, 3.05) is 51.2 Å². The summed E-state index contributed by atoms with van der Waals surface area (Å²) >= 11 is 6.09. The summed E-state index contributed by atoms with van der Waals surface area (Å²) in [5.74, 6) is 0.941. The molecule has 1 aliphatic heterocycles. The van der Waals surface area contributed by atoms with Crippen LogP contribution < -0.4 is 15.5 Å². The van der Waals surface area contributed by atoms with Crippen LogP contribution in [0.4, 0.5) is 5.69 Å². The van der Waals surface area contributed by atoms with Crippen LogP contribution in [-0.2, 0) is 0 Å². The SMILES string of the molecule is CN=C(NCCNC(=O)c1ccco1)N1CCN(c2cccc(Cl)c2)CC1.I. The first kappa shape index (κ1) is 22.4. The number of rotatable bonds is 5. The van der Waals surface area contributed by atoms with E-state index in [2.05, 4.69) is 31.5 Å². The summed E-state index contributed by atoms with van der Waals surface area (Å²) in [4.78, 5) is 20.7. The number of hydrogen-bond donors (Lipinski definition) is 2. The van der Waals surface area contributed by atoms with Crippen LogP contribution in [-0.4, -0.2) is 63.1 Å². The van der Waals surface area contributed by atoms with Gasteiger partial charge in [-0.1, -0.05) is 17.7 Å². The molecule has 1 amide bonds. The van der Waals surface area contributed by atoms with E-state index < -0.39 is 0 Å². The van der Waals surface area contributed by atoms with Gasteiger partial charge < -0.3 is 24.9 Å². The summed E-state index contributed by atoms with van der Waals surface area (Å²) in [5, 5.41) is 6.86. The molecule has 1 fully saturated rings. The van der Waals surface area contributed by atoms with E-state index in [1.807, 2.05) is 18.2 Å². The quantitative estimate of drug-likeness (QED) is 0.276. The summed E-state index contributed by atoms with van der Waals surface area (Å²) in [6.45, 7) is 4.61. The highest BCUT2D eigenvalue weighted by atomic mass is 127. The average Bonchev–Trinajstić information content (AvgIpc) is 3.23. The van der Waals surface area contributed by atoms with E-state index >= 15 is 0 Å². The third-order valence-corrected chi connectivity index (χ3v) is 4.64. The van der Waals surface area contributed by atoms with Gasteiger partial charge in [-0.05, 0) is 30.3 Å².